The van der Waals surface area contributed by atoms with Gasteiger partial charge in [0.25, 0.3) is 0 Å². The van der Waals surface area contributed by atoms with Crippen LogP contribution in [0.5, 0.6) is 0 Å². The van der Waals surface area contributed by atoms with Crippen molar-refractivity contribution < 1.29 is 9.53 Å². The Bertz CT molecular complexity index is 275. The molecular weight excluding hydrogens is 216 g/mol. The second-order valence-corrected chi connectivity index (χ2v) is 5.29. The van der Waals surface area contributed by atoms with Gasteiger partial charge in [-0.25, -0.2) is 0 Å². The van der Waals surface area contributed by atoms with Gasteiger partial charge in [-0.1, -0.05) is 19.8 Å². The Morgan fingerprint density at radius 3 is 2.76 bits per heavy atom. The Hall–Kier alpha value is -0.610. The maximum atomic E-state index is 11.9. The van der Waals surface area contributed by atoms with Gasteiger partial charge in [0.05, 0.1) is 11.6 Å². The molecule has 1 spiro atoms. The van der Waals surface area contributed by atoms with Gasteiger partial charge in [-0.15, -0.1) is 0 Å². The molecule has 1 amide bonds. The topological polar surface area (TPSA) is 50.4 Å². The predicted octanol–water partition coefficient (Wildman–Crippen LogP) is 1.20. The van der Waals surface area contributed by atoms with Gasteiger partial charge < -0.3 is 15.4 Å². The number of hydrogen-bond acceptors (Lipinski definition) is 3. The third-order valence-electron chi connectivity index (χ3n) is 4.09. The second kappa shape index (κ2) is 5.36. The minimum atomic E-state index is -0.232. The molecule has 0 radical (unpaired) electrons. The lowest BCUT2D eigenvalue weighted by atomic mass is 9.83. The van der Waals surface area contributed by atoms with Gasteiger partial charge in [-0.05, 0) is 39.3 Å². The molecule has 2 atom stereocenters. The van der Waals surface area contributed by atoms with E-state index in [0.717, 1.165) is 45.2 Å². The third kappa shape index (κ3) is 2.63. The molecule has 0 bridgehead atoms. The summed E-state index contributed by atoms with van der Waals surface area (Å²) in [4.78, 5) is 11.9. The molecule has 2 heterocycles. The van der Waals surface area contributed by atoms with E-state index in [9.17, 15) is 4.79 Å². The van der Waals surface area contributed by atoms with Crippen molar-refractivity contribution in [1.29, 1.82) is 0 Å². The summed E-state index contributed by atoms with van der Waals surface area (Å²) in [5, 5.41) is 6.46. The minimum Gasteiger partial charge on any atom is -0.360 e. The Morgan fingerprint density at radius 2 is 2.12 bits per heavy atom. The van der Waals surface area contributed by atoms with Crippen molar-refractivity contribution in [1.82, 2.24) is 10.6 Å². The van der Waals surface area contributed by atoms with E-state index < -0.39 is 0 Å². The summed E-state index contributed by atoms with van der Waals surface area (Å²) < 4.78 is 6.19. The first-order valence-corrected chi connectivity index (χ1v) is 6.87. The van der Waals surface area contributed by atoms with E-state index in [1.165, 1.54) is 0 Å². The lowest BCUT2D eigenvalue weighted by Gasteiger charge is -2.48. The van der Waals surface area contributed by atoms with Crippen molar-refractivity contribution in [2.24, 2.45) is 0 Å². The Kier molecular flexibility index (Phi) is 4.05. The molecule has 2 fully saturated rings. The number of carbonyl (C=O) groups excluding carboxylic acids is 1. The summed E-state index contributed by atoms with van der Waals surface area (Å²) in [5.74, 6) is 0.0788. The van der Waals surface area contributed by atoms with E-state index in [0.29, 0.717) is 0 Å². The van der Waals surface area contributed by atoms with Crippen LogP contribution in [-0.4, -0.2) is 36.7 Å². The van der Waals surface area contributed by atoms with Crippen LogP contribution in [0.2, 0.25) is 0 Å². The van der Waals surface area contributed by atoms with E-state index in [4.69, 9.17) is 4.74 Å². The molecule has 0 saturated carbocycles. The van der Waals surface area contributed by atoms with Gasteiger partial charge in [0.2, 0.25) is 5.91 Å². The molecule has 4 heteroatoms. The fourth-order valence-electron chi connectivity index (χ4n) is 2.86. The van der Waals surface area contributed by atoms with Crippen LogP contribution >= 0.6 is 0 Å². The predicted molar refractivity (Wildman–Crippen MR) is 66.8 cm³/mol. The lowest BCUT2D eigenvalue weighted by Crippen LogP contribution is -2.65. The zero-order valence-corrected chi connectivity index (χ0v) is 10.9. The van der Waals surface area contributed by atoms with Crippen LogP contribution < -0.4 is 10.6 Å². The lowest BCUT2D eigenvalue weighted by molar-refractivity contribution is -0.178. The number of carbonyl (C=O) groups is 1. The molecule has 2 rings (SSSR count). The molecule has 17 heavy (non-hydrogen) atoms. The molecule has 2 saturated heterocycles. The van der Waals surface area contributed by atoms with E-state index in [2.05, 4.69) is 24.5 Å². The molecule has 98 valence electrons. The average Bonchev–Trinajstić information content (AvgIpc) is 2.34. The van der Waals surface area contributed by atoms with Gasteiger partial charge in [0.15, 0.2) is 0 Å². The summed E-state index contributed by atoms with van der Waals surface area (Å²) in [5.41, 5.74) is -0.127. The molecule has 2 aliphatic heterocycles. The largest absolute Gasteiger partial charge is 0.360 e. The van der Waals surface area contributed by atoms with Crippen LogP contribution in [0.15, 0.2) is 0 Å². The van der Waals surface area contributed by atoms with Crippen LogP contribution in [0.3, 0.4) is 0 Å². The van der Waals surface area contributed by atoms with Gasteiger partial charge in [-0.2, -0.15) is 0 Å². The van der Waals surface area contributed by atoms with E-state index in [-0.39, 0.29) is 23.7 Å². The van der Waals surface area contributed by atoms with Crippen molar-refractivity contribution in [2.75, 3.05) is 13.1 Å². The standard InChI is InChI=1S/C13H24N2O2/c1-3-4-5-11-12(16)15-10(2)13(17-11)6-8-14-9-7-13/h10-11,14H,3-9H2,1-2H3,(H,15,16). The summed E-state index contributed by atoms with van der Waals surface area (Å²) >= 11 is 0. The molecule has 2 aliphatic rings. The number of unbranched alkanes of at least 4 members (excludes halogenated alkanes) is 1. The molecule has 2 unspecified atom stereocenters. The number of piperidine rings is 1. The maximum absolute atomic E-state index is 11.9. The first-order valence-electron chi connectivity index (χ1n) is 6.87. The average molecular weight is 240 g/mol. The highest BCUT2D eigenvalue weighted by Crippen LogP contribution is 2.32. The third-order valence-corrected chi connectivity index (χ3v) is 4.09. The summed E-state index contributed by atoms with van der Waals surface area (Å²) in [6.45, 7) is 6.18. The Morgan fingerprint density at radius 1 is 1.41 bits per heavy atom. The summed E-state index contributed by atoms with van der Waals surface area (Å²) in [6, 6.07) is 0.134. The molecule has 0 aromatic rings. The number of rotatable bonds is 3. The quantitative estimate of drug-likeness (QED) is 0.779. The fourth-order valence-corrected chi connectivity index (χ4v) is 2.86. The molecule has 4 nitrogen and oxygen atoms in total. The van der Waals surface area contributed by atoms with Crippen LogP contribution in [-0.2, 0) is 9.53 Å². The van der Waals surface area contributed by atoms with Gasteiger partial charge in [-0.3, -0.25) is 4.79 Å². The second-order valence-electron chi connectivity index (χ2n) is 5.29. The first-order chi connectivity index (χ1) is 8.18. The highest BCUT2D eigenvalue weighted by molar-refractivity contribution is 5.82. The number of amides is 1. The molecular formula is C13H24N2O2. The van der Waals surface area contributed by atoms with Crippen molar-refractivity contribution in [3.05, 3.63) is 0 Å². The number of ether oxygens (including phenoxy) is 1. The zero-order valence-electron chi connectivity index (χ0n) is 10.9. The van der Waals surface area contributed by atoms with E-state index in [1.54, 1.807) is 0 Å². The van der Waals surface area contributed by atoms with Crippen LogP contribution in [0, 0.1) is 0 Å². The molecule has 0 aliphatic carbocycles. The van der Waals surface area contributed by atoms with Crippen LogP contribution in [0.1, 0.15) is 46.0 Å². The zero-order chi connectivity index (χ0) is 12.3. The molecule has 2 N–H and O–H groups in total. The molecule has 0 aromatic heterocycles. The first kappa shape index (κ1) is 12.8. The number of nitrogens with one attached hydrogen (secondary N) is 2. The monoisotopic (exact) mass is 240 g/mol. The number of hydrogen-bond donors (Lipinski definition) is 2. The van der Waals surface area contributed by atoms with Crippen LogP contribution in [0.25, 0.3) is 0 Å². The fraction of sp³-hybridized carbons (Fsp3) is 0.923. The van der Waals surface area contributed by atoms with E-state index >= 15 is 0 Å². The summed E-state index contributed by atoms with van der Waals surface area (Å²) in [6.07, 6.45) is 4.78. The van der Waals surface area contributed by atoms with Gasteiger partial charge in [0, 0.05) is 0 Å². The van der Waals surface area contributed by atoms with Gasteiger partial charge in [0.1, 0.15) is 6.10 Å². The van der Waals surface area contributed by atoms with Crippen molar-refractivity contribution >= 4 is 5.91 Å². The normalized spacial score (nSPS) is 32.5. The minimum absolute atomic E-state index is 0.0788. The van der Waals surface area contributed by atoms with Crippen molar-refractivity contribution in [3.8, 4) is 0 Å². The Balaban J connectivity index is 2.03. The maximum Gasteiger partial charge on any atom is 0.249 e. The van der Waals surface area contributed by atoms with Crippen molar-refractivity contribution in [3.63, 3.8) is 0 Å². The van der Waals surface area contributed by atoms with Crippen molar-refractivity contribution in [2.45, 2.75) is 63.7 Å². The van der Waals surface area contributed by atoms with E-state index in [1.807, 2.05) is 0 Å². The SMILES string of the molecule is CCCCC1OC2(CCNCC2)C(C)NC1=O. The summed E-state index contributed by atoms with van der Waals surface area (Å²) in [7, 11) is 0. The Labute approximate surface area is 103 Å². The highest BCUT2D eigenvalue weighted by Gasteiger charge is 2.46. The number of morpholine rings is 1. The molecule has 0 aromatic carbocycles. The van der Waals surface area contributed by atoms with Crippen LogP contribution in [0.4, 0.5) is 0 Å². The van der Waals surface area contributed by atoms with Gasteiger partial charge >= 0.3 is 0 Å². The highest BCUT2D eigenvalue weighted by atomic mass is 16.5. The smallest absolute Gasteiger partial charge is 0.249 e.